The summed E-state index contributed by atoms with van der Waals surface area (Å²) in [6.45, 7) is 4.63. The molecule has 0 saturated carbocycles. The lowest BCUT2D eigenvalue weighted by Gasteiger charge is -2.13. The molecule has 0 aromatic carbocycles. The molecule has 5 nitrogen and oxygen atoms in total. The number of rotatable bonds is 11. The summed E-state index contributed by atoms with van der Waals surface area (Å²) >= 11 is 0. The monoisotopic (exact) mass is 247 g/mol. The Labute approximate surface area is 104 Å². The maximum atomic E-state index is 11.2. The highest BCUT2D eigenvalue weighted by Crippen LogP contribution is 1.95. The average Bonchev–Trinajstić information content (AvgIpc) is 2.36. The van der Waals surface area contributed by atoms with Crippen molar-refractivity contribution in [2.75, 3.05) is 40.6 Å². The number of carbonyl (C=O) groups is 1. The van der Waals surface area contributed by atoms with Crippen molar-refractivity contribution in [2.24, 2.45) is 0 Å². The summed E-state index contributed by atoms with van der Waals surface area (Å²) in [5.74, 6) is -0.254. The molecular weight excluding hydrogens is 222 g/mol. The van der Waals surface area contributed by atoms with Gasteiger partial charge in [0.15, 0.2) is 0 Å². The number of methoxy groups -OCH3 is 1. The predicted octanol–water partition coefficient (Wildman–Crippen LogP) is 0.971. The van der Waals surface area contributed by atoms with Crippen LogP contribution >= 0.6 is 0 Å². The van der Waals surface area contributed by atoms with Crippen molar-refractivity contribution in [3.63, 3.8) is 0 Å². The van der Waals surface area contributed by atoms with E-state index in [4.69, 9.17) is 9.47 Å². The average molecular weight is 247 g/mol. The van der Waals surface area contributed by atoms with Crippen LogP contribution in [0.2, 0.25) is 0 Å². The standard InChI is InChI=1S/C12H25NO4/c1-4-5-7-16-9-10-17-8-6-11(13-2)12(14)15-3/h11,13H,4-10H2,1-3H3. The van der Waals surface area contributed by atoms with Gasteiger partial charge in [0.2, 0.25) is 0 Å². The fourth-order valence-electron chi connectivity index (χ4n) is 1.29. The van der Waals surface area contributed by atoms with Crippen LogP contribution in [0, 0.1) is 0 Å². The van der Waals surface area contributed by atoms with Gasteiger partial charge in [-0.25, -0.2) is 0 Å². The van der Waals surface area contributed by atoms with Crippen LogP contribution in [0.1, 0.15) is 26.2 Å². The second kappa shape index (κ2) is 11.8. The Morgan fingerprint density at radius 3 is 2.35 bits per heavy atom. The molecule has 0 aliphatic heterocycles. The van der Waals surface area contributed by atoms with Gasteiger partial charge < -0.3 is 19.5 Å². The Bertz CT molecular complexity index is 187. The number of carbonyl (C=O) groups excluding carboxylic acids is 1. The minimum atomic E-state index is -0.291. The van der Waals surface area contributed by atoms with Crippen molar-refractivity contribution in [1.29, 1.82) is 0 Å². The molecule has 0 fully saturated rings. The lowest BCUT2D eigenvalue weighted by molar-refractivity contribution is -0.143. The molecule has 102 valence electrons. The minimum absolute atomic E-state index is 0.254. The van der Waals surface area contributed by atoms with Crippen LogP contribution in [0.3, 0.4) is 0 Å². The van der Waals surface area contributed by atoms with Gasteiger partial charge in [-0.05, 0) is 19.9 Å². The van der Waals surface area contributed by atoms with E-state index >= 15 is 0 Å². The highest BCUT2D eigenvalue weighted by molar-refractivity contribution is 5.75. The van der Waals surface area contributed by atoms with Crippen molar-refractivity contribution in [3.8, 4) is 0 Å². The van der Waals surface area contributed by atoms with Gasteiger partial charge in [0, 0.05) is 13.2 Å². The molecule has 0 aliphatic rings. The molecule has 0 rings (SSSR count). The van der Waals surface area contributed by atoms with Gasteiger partial charge in [-0.15, -0.1) is 0 Å². The summed E-state index contributed by atoms with van der Waals surface area (Å²) in [4.78, 5) is 11.2. The van der Waals surface area contributed by atoms with Crippen LogP contribution in [0.15, 0.2) is 0 Å². The first-order chi connectivity index (χ1) is 8.26. The first-order valence-electron chi connectivity index (χ1n) is 6.16. The van der Waals surface area contributed by atoms with Gasteiger partial charge in [0.1, 0.15) is 6.04 Å². The zero-order chi connectivity index (χ0) is 12.9. The highest BCUT2D eigenvalue weighted by Gasteiger charge is 2.15. The SMILES string of the molecule is CCCCOCCOCCC(NC)C(=O)OC. The second-order valence-corrected chi connectivity index (χ2v) is 3.73. The Balaban J connectivity index is 3.34. The molecule has 0 radical (unpaired) electrons. The summed E-state index contributed by atoms with van der Waals surface area (Å²) in [7, 11) is 3.12. The molecule has 0 aromatic rings. The number of nitrogens with one attached hydrogen (secondary N) is 1. The van der Waals surface area contributed by atoms with E-state index in [9.17, 15) is 4.79 Å². The fourth-order valence-corrected chi connectivity index (χ4v) is 1.29. The van der Waals surface area contributed by atoms with E-state index in [0.717, 1.165) is 19.4 Å². The fraction of sp³-hybridized carbons (Fsp3) is 0.917. The third kappa shape index (κ3) is 9.09. The van der Waals surface area contributed by atoms with Gasteiger partial charge in [0.25, 0.3) is 0 Å². The largest absolute Gasteiger partial charge is 0.468 e. The van der Waals surface area contributed by atoms with E-state index in [0.29, 0.717) is 26.2 Å². The van der Waals surface area contributed by atoms with Crippen LogP contribution < -0.4 is 5.32 Å². The van der Waals surface area contributed by atoms with E-state index in [1.807, 2.05) is 0 Å². The van der Waals surface area contributed by atoms with Crippen LogP contribution in [0.25, 0.3) is 0 Å². The molecule has 1 unspecified atom stereocenters. The molecule has 0 bridgehead atoms. The minimum Gasteiger partial charge on any atom is -0.468 e. The van der Waals surface area contributed by atoms with Crippen molar-refractivity contribution < 1.29 is 19.0 Å². The van der Waals surface area contributed by atoms with Gasteiger partial charge in [0.05, 0.1) is 20.3 Å². The summed E-state index contributed by atoms with van der Waals surface area (Å²) in [5.41, 5.74) is 0. The van der Waals surface area contributed by atoms with Gasteiger partial charge in [-0.3, -0.25) is 4.79 Å². The molecule has 0 spiro atoms. The normalized spacial score (nSPS) is 12.4. The zero-order valence-corrected chi connectivity index (χ0v) is 11.2. The number of esters is 1. The van der Waals surface area contributed by atoms with Crippen molar-refractivity contribution in [1.82, 2.24) is 5.32 Å². The van der Waals surface area contributed by atoms with E-state index < -0.39 is 0 Å². The highest BCUT2D eigenvalue weighted by atomic mass is 16.5. The number of unbranched alkanes of at least 4 members (excludes halogenated alkanes) is 1. The molecule has 0 aromatic heterocycles. The van der Waals surface area contributed by atoms with E-state index in [-0.39, 0.29) is 12.0 Å². The first kappa shape index (κ1) is 16.4. The third-order valence-corrected chi connectivity index (χ3v) is 2.40. The van der Waals surface area contributed by atoms with Crippen LogP contribution in [-0.2, 0) is 19.0 Å². The summed E-state index contributed by atoms with van der Waals surface area (Å²) < 4.78 is 15.4. The van der Waals surface area contributed by atoms with Crippen LogP contribution in [-0.4, -0.2) is 52.6 Å². The zero-order valence-electron chi connectivity index (χ0n) is 11.2. The molecule has 0 saturated heterocycles. The number of likely N-dealkylation sites (N-methyl/N-ethyl adjacent to an activating group) is 1. The van der Waals surface area contributed by atoms with Crippen LogP contribution in [0.4, 0.5) is 0 Å². The Kier molecular flexibility index (Phi) is 11.4. The Morgan fingerprint density at radius 1 is 1.18 bits per heavy atom. The third-order valence-electron chi connectivity index (χ3n) is 2.40. The Morgan fingerprint density at radius 2 is 1.82 bits per heavy atom. The summed E-state index contributed by atoms with van der Waals surface area (Å²) in [6.07, 6.45) is 2.84. The van der Waals surface area contributed by atoms with Crippen molar-refractivity contribution in [3.05, 3.63) is 0 Å². The summed E-state index contributed by atoms with van der Waals surface area (Å²) in [6, 6.07) is -0.291. The lowest BCUT2D eigenvalue weighted by Crippen LogP contribution is -2.36. The molecular formula is C12H25NO4. The van der Waals surface area contributed by atoms with E-state index in [1.54, 1.807) is 7.05 Å². The maximum absolute atomic E-state index is 11.2. The maximum Gasteiger partial charge on any atom is 0.322 e. The molecule has 0 heterocycles. The topological polar surface area (TPSA) is 56.8 Å². The Hall–Kier alpha value is -0.650. The molecule has 0 aliphatic carbocycles. The lowest BCUT2D eigenvalue weighted by atomic mass is 10.2. The number of hydrogen-bond donors (Lipinski definition) is 1. The quantitative estimate of drug-likeness (QED) is 0.435. The first-order valence-corrected chi connectivity index (χ1v) is 6.16. The van der Waals surface area contributed by atoms with Gasteiger partial charge in [-0.2, -0.15) is 0 Å². The van der Waals surface area contributed by atoms with Crippen LogP contribution in [0.5, 0.6) is 0 Å². The molecule has 1 atom stereocenters. The second-order valence-electron chi connectivity index (χ2n) is 3.73. The van der Waals surface area contributed by atoms with Crippen molar-refractivity contribution in [2.45, 2.75) is 32.2 Å². The van der Waals surface area contributed by atoms with E-state index in [1.165, 1.54) is 7.11 Å². The van der Waals surface area contributed by atoms with Gasteiger partial charge >= 0.3 is 5.97 Å². The molecule has 1 N–H and O–H groups in total. The molecule has 17 heavy (non-hydrogen) atoms. The summed E-state index contributed by atoms with van der Waals surface area (Å²) in [5, 5.41) is 2.89. The number of hydrogen-bond acceptors (Lipinski definition) is 5. The molecule has 5 heteroatoms. The van der Waals surface area contributed by atoms with Crippen molar-refractivity contribution >= 4 is 5.97 Å². The smallest absolute Gasteiger partial charge is 0.322 e. The van der Waals surface area contributed by atoms with Gasteiger partial charge in [-0.1, -0.05) is 13.3 Å². The number of ether oxygens (including phenoxy) is 3. The molecule has 0 amide bonds. The van der Waals surface area contributed by atoms with E-state index in [2.05, 4.69) is 17.0 Å². The predicted molar refractivity (Wildman–Crippen MR) is 66.0 cm³/mol.